The topological polar surface area (TPSA) is 49.4 Å². The summed E-state index contributed by atoms with van der Waals surface area (Å²) in [5.74, 6) is -0.769. The normalized spacial score (nSPS) is 11.2. The average Bonchev–Trinajstić information content (AvgIpc) is 2.50. The maximum Gasteiger partial charge on any atom is 0.264 e. The van der Waals surface area contributed by atoms with Crippen LogP contribution in [0.25, 0.3) is 0 Å². The first-order chi connectivity index (χ1) is 10.5. The predicted octanol–water partition coefficient (Wildman–Crippen LogP) is 3.47. The third-order valence-electron chi connectivity index (χ3n) is 3.37. The highest BCUT2D eigenvalue weighted by Crippen LogP contribution is 2.21. The Bertz CT molecular complexity index is 726. The van der Waals surface area contributed by atoms with E-state index >= 15 is 0 Å². The van der Waals surface area contributed by atoms with E-state index in [9.17, 15) is 12.8 Å². The monoisotopic (exact) mass is 322 g/mol. The molecule has 0 amide bonds. The van der Waals surface area contributed by atoms with E-state index in [1.54, 1.807) is 12.1 Å². The number of nitrogens with zero attached hydrogens (tertiary/aromatic N) is 1. The first-order valence-corrected chi connectivity index (χ1v) is 8.58. The maximum atomic E-state index is 13.6. The summed E-state index contributed by atoms with van der Waals surface area (Å²) in [6.45, 7) is 5.85. The zero-order chi connectivity index (χ0) is 16.2. The smallest absolute Gasteiger partial charge is 0.264 e. The van der Waals surface area contributed by atoms with E-state index < -0.39 is 15.8 Å². The molecule has 0 aromatic heterocycles. The molecule has 6 heteroatoms. The fourth-order valence-electron chi connectivity index (χ4n) is 2.20. The van der Waals surface area contributed by atoms with Gasteiger partial charge in [-0.1, -0.05) is 12.1 Å². The van der Waals surface area contributed by atoms with Crippen molar-refractivity contribution >= 4 is 21.4 Å². The van der Waals surface area contributed by atoms with Gasteiger partial charge in [0.15, 0.2) is 0 Å². The summed E-state index contributed by atoms with van der Waals surface area (Å²) < 4.78 is 40.4. The lowest BCUT2D eigenvalue weighted by Crippen LogP contribution is -2.21. The molecule has 2 rings (SSSR count). The highest BCUT2D eigenvalue weighted by atomic mass is 32.2. The molecule has 22 heavy (non-hydrogen) atoms. The van der Waals surface area contributed by atoms with Crippen LogP contribution in [-0.2, 0) is 10.0 Å². The number of hydrogen-bond donors (Lipinski definition) is 1. The molecule has 2 aromatic carbocycles. The van der Waals surface area contributed by atoms with E-state index in [2.05, 4.69) is 23.5 Å². The van der Waals surface area contributed by atoms with Crippen LogP contribution < -0.4 is 9.62 Å². The third kappa shape index (κ3) is 3.57. The number of hydrogen-bond acceptors (Lipinski definition) is 3. The van der Waals surface area contributed by atoms with Gasteiger partial charge in [0.25, 0.3) is 10.0 Å². The van der Waals surface area contributed by atoms with E-state index in [-0.39, 0.29) is 4.90 Å². The number of sulfonamides is 1. The van der Waals surface area contributed by atoms with Crippen molar-refractivity contribution in [2.24, 2.45) is 0 Å². The Morgan fingerprint density at radius 2 is 1.59 bits per heavy atom. The van der Waals surface area contributed by atoms with Crippen LogP contribution in [0.1, 0.15) is 13.8 Å². The molecule has 0 atom stereocenters. The van der Waals surface area contributed by atoms with E-state index in [0.717, 1.165) is 24.8 Å². The quantitative estimate of drug-likeness (QED) is 0.886. The molecule has 0 aliphatic carbocycles. The van der Waals surface area contributed by atoms with E-state index in [1.165, 1.54) is 18.2 Å². The molecule has 0 aliphatic rings. The van der Waals surface area contributed by atoms with Crippen LogP contribution in [0.15, 0.2) is 53.4 Å². The Morgan fingerprint density at radius 1 is 1.00 bits per heavy atom. The zero-order valence-corrected chi connectivity index (χ0v) is 13.4. The number of halogens is 1. The minimum atomic E-state index is -3.93. The molecule has 2 aromatic rings. The Morgan fingerprint density at radius 3 is 2.14 bits per heavy atom. The van der Waals surface area contributed by atoms with Crippen molar-refractivity contribution in [1.82, 2.24) is 0 Å². The van der Waals surface area contributed by atoms with Gasteiger partial charge in [-0.15, -0.1) is 0 Å². The van der Waals surface area contributed by atoms with E-state index in [0.29, 0.717) is 5.69 Å². The van der Waals surface area contributed by atoms with Crippen LogP contribution >= 0.6 is 0 Å². The summed E-state index contributed by atoms with van der Waals surface area (Å²) in [5.41, 5.74) is 1.41. The molecular weight excluding hydrogens is 303 g/mol. The van der Waals surface area contributed by atoms with Crippen LogP contribution in [0.3, 0.4) is 0 Å². The Hall–Kier alpha value is -2.08. The average molecular weight is 322 g/mol. The van der Waals surface area contributed by atoms with Gasteiger partial charge in [-0.05, 0) is 50.2 Å². The molecule has 0 radical (unpaired) electrons. The first kappa shape index (κ1) is 16.3. The van der Waals surface area contributed by atoms with Gasteiger partial charge >= 0.3 is 0 Å². The molecule has 0 bridgehead atoms. The van der Waals surface area contributed by atoms with Gasteiger partial charge in [0.2, 0.25) is 0 Å². The molecule has 0 unspecified atom stereocenters. The summed E-state index contributed by atoms with van der Waals surface area (Å²) in [4.78, 5) is 1.79. The second-order valence-electron chi connectivity index (χ2n) is 4.76. The summed E-state index contributed by atoms with van der Waals surface area (Å²) in [7, 11) is -3.93. The Labute approximate surface area is 130 Å². The van der Waals surface area contributed by atoms with Gasteiger partial charge in [-0.3, -0.25) is 4.72 Å². The lowest BCUT2D eigenvalue weighted by molar-refractivity contribution is 0.570. The van der Waals surface area contributed by atoms with Gasteiger partial charge in [-0.2, -0.15) is 0 Å². The Balaban J connectivity index is 2.22. The van der Waals surface area contributed by atoms with Crippen molar-refractivity contribution in [2.75, 3.05) is 22.7 Å². The van der Waals surface area contributed by atoms with Crippen molar-refractivity contribution in [3.8, 4) is 0 Å². The highest BCUT2D eigenvalue weighted by Gasteiger charge is 2.18. The van der Waals surface area contributed by atoms with Crippen molar-refractivity contribution in [3.63, 3.8) is 0 Å². The highest BCUT2D eigenvalue weighted by molar-refractivity contribution is 7.92. The standard InChI is InChI=1S/C16H19FN2O2S/c1-3-19(4-2)14-11-9-13(10-12-14)18-22(20,21)16-8-6-5-7-15(16)17/h5-12,18H,3-4H2,1-2H3. The van der Waals surface area contributed by atoms with E-state index in [4.69, 9.17) is 0 Å². The van der Waals surface area contributed by atoms with Crippen molar-refractivity contribution in [3.05, 3.63) is 54.3 Å². The SMILES string of the molecule is CCN(CC)c1ccc(NS(=O)(=O)c2ccccc2F)cc1. The lowest BCUT2D eigenvalue weighted by atomic mass is 10.2. The number of benzene rings is 2. The zero-order valence-electron chi connectivity index (χ0n) is 12.6. The minimum absolute atomic E-state index is 0.359. The summed E-state index contributed by atoms with van der Waals surface area (Å²) in [6.07, 6.45) is 0. The fraction of sp³-hybridized carbons (Fsp3) is 0.250. The second-order valence-corrected chi connectivity index (χ2v) is 6.41. The van der Waals surface area contributed by atoms with Crippen LogP contribution in [0.2, 0.25) is 0 Å². The number of anilines is 2. The van der Waals surface area contributed by atoms with Crippen molar-refractivity contribution in [1.29, 1.82) is 0 Å². The summed E-state index contributed by atoms with van der Waals surface area (Å²) >= 11 is 0. The van der Waals surface area contributed by atoms with Crippen LogP contribution in [0.5, 0.6) is 0 Å². The molecule has 118 valence electrons. The van der Waals surface area contributed by atoms with Gasteiger partial charge in [0.1, 0.15) is 10.7 Å². The van der Waals surface area contributed by atoms with Gasteiger partial charge < -0.3 is 4.90 Å². The summed E-state index contributed by atoms with van der Waals surface area (Å²) in [5, 5.41) is 0. The molecule has 0 saturated carbocycles. The number of nitrogens with one attached hydrogen (secondary N) is 1. The molecule has 4 nitrogen and oxygen atoms in total. The second kappa shape index (κ2) is 6.79. The van der Waals surface area contributed by atoms with Gasteiger partial charge in [-0.25, -0.2) is 12.8 Å². The molecule has 1 N–H and O–H groups in total. The van der Waals surface area contributed by atoms with Crippen molar-refractivity contribution < 1.29 is 12.8 Å². The molecule has 0 saturated heterocycles. The van der Waals surface area contributed by atoms with Crippen molar-refractivity contribution in [2.45, 2.75) is 18.7 Å². The Kier molecular flexibility index (Phi) is 5.03. The number of rotatable bonds is 6. The minimum Gasteiger partial charge on any atom is -0.372 e. The van der Waals surface area contributed by atoms with Crippen LogP contribution in [0.4, 0.5) is 15.8 Å². The first-order valence-electron chi connectivity index (χ1n) is 7.10. The third-order valence-corrected chi connectivity index (χ3v) is 4.79. The predicted molar refractivity (Wildman–Crippen MR) is 87.2 cm³/mol. The molecule has 0 spiro atoms. The van der Waals surface area contributed by atoms with Crippen LogP contribution in [-0.4, -0.2) is 21.5 Å². The van der Waals surface area contributed by atoms with E-state index in [1.807, 2.05) is 12.1 Å². The fourth-order valence-corrected chi connectivity index (χ4v) is 3.34. The molecular formula is C16H19FN2O2S. The lowest BCUT2D eigenvalue weighted by Gasteiger charge is -2.21. The van der Waals surface area contributed by atoms with Crippen LogP contribution in [0, 0.1) is 5.82 Å². The molecule has 0 heterocycles. The van der Waals surface area contributed by atoms with Gasteiger partial charge in [0.05, 0.1) is 0 Å². The molecule has 0 fully saturated rings. The van der Waals surface area contributed by atoms with Gasteiger partial charge in [0, 0.05) is 24.5 Å². The summed E-state index contributed by atoms with van der Waals surface area (Å²) in [6, 6.07) is 12.3. The largest absolute Gasteiger partial charge is 0.372 e. The molecule has 0 aliphatic heterocycles. The maximum absolute atomic E-state index is 13.6.